The molecule has 0 radical (unpaired) electrons. The van der Waals surface area contributed by atoms with E-state index in [1.165, 1.54) is 17.7 Å². The molecule has 0 aliphatic rings. The van der Waals surface area contributed by atoms with Crippen LogP contribution in [0.4, 0.5) is 15.8 Å². The molecule has 6 heteroatoms. The van der Waals surface area contributed by atoms with Crippen LogP contribution in [-0.4, -0.2) is 14.9 Å². The normalized spacial score (nSPS) is 10.7. The van der Waals surface area contributed by atoms with Gasteiger partial charge in [-0.3, -0.25) is 4.68 Å². The van der Waals surface area contributed by atoms with Gasteiger partial charge in [-0.1, -0.05) is 37.3 Å². The Morgan fingerprint density at radius 1 is 1.11 bits per heavy atom. The number of anilines is 2. The molecular formula is C21H23FN4S. The van der Waals surface area contributed by atoms with Gasteiger partial charge in [0.1, 0.15) is 5.82 Å². The molecule has 0 atom stereocenters. The van der Waals surface area contributed by atoms with Crippen molar-refractivity contribution >= 4 is 28.7 Å². The lowest BCUT2D eigenvalue weighted by molar-refractivity contribution is 0.616. The summed E-state index contributed by atoms with van der Waals surface area (Å²) in [5.74, 6) is -0.243. The minimum absolute atomic E-state index is 0.243. The van der Waals surface area contributed by atoms with Crippen LogP contribution in [-0.2, 0) is 13.0 Å². The van der Waals surface area contributed by atoms with E-state index in [0.29, 0.717) is 11.7 Å². The predicted octanol–water partition coefficient (Wildman–Crippen LogP) is 5.06. The number of halogens is 1. The molecule has 0 bridgehead atoms. The summed E-state index contributed by atoms with van der Waals surface area (Å²) in [7, 11) is 0. The molecule has 0 spiro atoms. The topological polar surface area (TPSA) is 41.9 Å². The van der Waals surface area contributed by atoms with Crippen molar-refractivity contribution in [3.63, 3.8) is 0 Å². The number of thiocarbonyl (C=S) groups is 1. The molecule has 1 aromatic heterocycles. The molecule has 0 amide bonds. The Kier molecular flexibility index (Phi) is 5.86. The molecule has 2 aromatic carbocycles. The number of hydrogen-bond acceptors (Lipinski definition) is 2. The van der Waals surface area contributed by atoms with Gasteiger partial charge in [-0.05, 0) is 61.8 Å². The lowest BCUT2D eigenvalue weighted by Gasteiger charge is -2.14. The van der Waals surface area contributed by atoms with E-state index in [-0.39, 0.29) is 5.82 Å². The number of aryl methyl sites for hydroxylation is 2. The molecule has 0 aliphatic heterocycles. The molecule has 0 aliphatic carbocycles. The average molecular weight is 383 g/mol. The molecule has 2 N–H and O–H groups in total. The Hall–Kier alpha value is -2.73. The van der Waals surface area contributed by atoms with Crippen LogP contribution < -0.4 is 10.6 Å². The highest BCUT2D eigenvalue weighted by Crippen LogP contribution is 2.22. The Balaban J connectivity index is 1.75. The lowest BCUT2D eigenvalue weighted by Crippen LogP contribution is -2.20. The zero-order valence-electron chi connectivity index (χ0n) is 15.7. The fourth-order valence-electron chi connectivity index (χ4n) is 3.06. The highest BCUT2D eigenvalue weighted by molar-refractivity contribution is 7.80. The van der Waals surface area contributed by atoms with Gasteiger partial charge in [0.2, 0.25) is 0 Å². The summed E-state index contributed by atoms with van der Waals surface area (Å²) in [6.07, 6.45) is 0.926. The Morgan fingerprint density at radius 3 is 2.63 bits per heavy atom. The molecule has 1 heterocycles. The third kappa shape index (κ3) is 4.52. The quantitative estimate of drug-likeness (QED) is 0.606. The van der Waals surface area contributed by atoms with Crippen molar-refractivity contribution in [3.8, 4) is 0 Å². The number of para-hydroxylation sites is 1. The zero-order valence-corrected chi connectivity index (χ0v) is 16.5. The van der Waals surface area contributed by atoms with Gasteiger partial charge in [-0.2, -0.15) is 5.10 Å². The summed E-state index contributed by atoms with van der Waals surface area (Å²) < 4.78 is 15.3. The number of rotatable bonds is 5. The SMILES string of the molecule is CCc1ccccc1NC(=S)Nc1c(C)nn(Cc2cccc(F)c2)c1C. The van der Waals surface area contributed by atoms with Crippen LogP contribution in [0.25, 0.3) is 0 Å². The van der Waals surface area contributed by atoms with E-state index >= 15 is 0 Å². The molecule has 0 fully saturated rings. The molecule has 3 rings (SSSR count). The van der Waals surface area contributed by atoms with Crippen LogP contribution in [0.3, 0.4) is 0 Å². The van der Waals surface area contributed by atoms with Crippen LogP contribution in [0.1, 0.15) is 29.4 Å². The first-order chi connectivity index (χ1) is 13.0. The summed E-state index contributed by atoms with van der Waals surface area (Å²) in [5, 5.41) is 11.6. The smallest absolute Gasteiger partial charge is 0.175 e. The fourth-order valence-corrected chi connectivity index (χ4v) is 3.27. The summed E-state index contributed by atoms with van der Waals surface area (Å²) in [5.41, 5.74) is 5.74. The molecular weight excluding hydrogens is 359 g/mol. The average Bonchev–Trinajstić information content (AvgIpc) is 2.89. The zero-order chi connectivity index (χ0) is 19.4. The van der Waals surface area contributed by atoms with Crippen molar-refractivity contribution in [2.24, 2.45) is 0 Å². The second-order valence-corrected chi connectivity index (χ2v) is 6.83. The van der Waals surface area contributed by atoms with Crippen molar-refractivity contribution in [1.29, 1.82) is 0 Å². The molecule has 3 aromatic rings. The standard InChI is InChI=1S/C21H23FN4S/c1-4-17-9-5-6-11-19(17)23-21(27)24-20-14(2)25-26(15(20)3)13-16-8-7-10-18(22)12-16/h5-12H,4,13H2,1-3H3,(H2,23,24,27). The fraction of sp³-hybridized carbons (Fsp3) is 0.238. The van der Waals surface area contributed by atoms with E-state index < -0.39 is 0 Å². The van der Waals surface area contributed by atoms with Gasteiger partial charge < -0.3 is 10.6 Å². The van der Waals surface area contributed by atoms with E-state index in [0.717, 1.165) is 34.7 Å². The summed E-state index contributed by atoms with van der Waals surface area (Å²) >= 11 is 5.49. The third-order valence-corrected chi connectivity index (χ3v) is 4.69. The van der Waals surface area contributed by atoms with Crippen LogP contribution in [0.5, 0.6) is 0 Å². The van der Waals surface area contributed by atoms with Crippen LogP contribution in [0, 0.1) is 19.7 Å². The molecule has 0 saturated carbocycles. The molecule has 0 unspecified atom stereocenters. The minimum atomic E-state index is -0.243. The van der Waals surface area contributed by atoms with Crippen molar-refractivity contribution < 1.29 is 4.39 Å². The van der Waals surface area contributed by atoms with Gasteiger partial charge in [0.05, 0.1) is 23.6 Å². The number of benzene rings is 2. The van der Waals surface area contributed by atoms with Gasteiger partial charge >= 0.3 is 0 Å². The summed E-state index contributed by atoms with van der Waals surface area (Å²) in [6, 6.07) is 14.7. The maximum Gasteiger partial charge on any atom is 0.175 e. The monoisotopic (exact) mass is 382 g/mol. The number of nitrogens with one attached hydrogen (secondary N) is 2. The lowest BCUT2D eigenvalue weighted by atomic mass is 10.1. The first-order valence-corrected chi connectivity index (χ1v) is 9.33. The Bertz CT molecular complexity index is 965. The van der Waals surface area contributed by atoms with E-state index in [9.17, 15) is 4.39 Å². The van der Waals surface area contributed by atoms with Crippen molar-refractivity contribution in [3.05, 3.63) is 76.9 Å². The second-order valence-electron chi connectivity index (χ2n) is 6.42. The van der Waals surface area contributed by atoms with Crippen molar-refractivity contribution in [2.75, 3.05) is 10.6 Å². The highest BCUT2D eigenvalue weighted by Gasteiger charge is 2.14. The van der Waals surface area contributed by atoms with Gasteiger partial charge in [0, 0.05) is 5.69 Å². The van der Waals surface area contributed by atoms with E-state index in [4.69, 9.17) is 12.2 Å². The first-order valence-electron chi connectivity index (χ1n) is 8.92. The van der Waals surface area contributed by atoms with Crippen LogP contribution in [0.15, 0.2) is 48.5 Å². The predicted molar refractivity (Wildman–Crippen MR) is 113 cm³/mol. The van der Waals surface area contributed by atoms with E-state index in [2.05, 4.69) is 28.7 Å². The molecule has 140 valence electrons. The Labute approximate surface area is 164 Å². The highest BCUT2D eigenvalue weighted by atomic mass is 32.1. The molecule has 4 nitrogen and oxygen atoms in total. The molecule has 27 heavy (non-hydrogen) atoms. The van der Waals surface area contributed by atoms with Crippen LogP contribution >= 0.6 is 12.2 Å². The Morgan fingerprint density at radius 2 is 1.89 bits per heavy atom. The van der Waals surface area contributed by atoms with Crippen molar-refractivity contribution in [2.45, 2.75) is 33.7 Å². The third-order valence-electron chi connectivity index (χ3n) is 4.49. The van der Waals surface area contributed by atoms with Crippen molar-refractivity contribution in [1.82, 2.24) is 9.78 Å². The van der Waals surface area contributed by atoms with Gasteiger partial charge in [-0.15, -0.1) is 0 Å². The maximum absolute atomic E-state index is 13.4. The summed E-state index contributed by atoms with van der Waals surface area (Å²) in [6.45, 7) is 6.52. The first kappa shape index (κ1) is 19.0. The number of hydrogen-bond donors (Lipinski definition) is 2. The number of nitrogens with zero attached hydrogens (tertiary/aromatic N) is 2. The maximum atomic E-state index is 13.4. The van der Waals surface area contributed by atoms with Gasteiger partial charge in [-0.25, -0.2) is 4.39 Å². The largest absolute Gasteiger partial charge is 0.332 e. The van der Waals surface area contributed by atoms with Gasteiger partial charge in [0.25, 0.3) is 0 Å². The minimum Gasteiger partial charge on any atom is -0.332 e. The van der Waals surface area contributed by atoms with Crippen LogP contribution in [0.2, 0.25) is 0 Å². The number of aromatic nitrogens is 2. The molecule has 0 saturated heterocycles. The van der Waals surface area contributed by atoms with Gasteiger partial charge in [0.15, 0.2) is 5.11 Å². The second kappa shape index (κ2) is 8.31. The van der Waals surface area contributed by atoms with E-state index in [1.807, 2.05) is 42.8 Å². The summed E-state index contributed by atoms with van der Waals surface area (Å²) in [4.78, 5) is 0. The van der Waals surface area contributed by atoms with E-state index in [1.54, 1.807) is 6.07 Å².